The lowest BCUT2D eigenvalue weighted by molar-refractivity contribution is -0.848. The number of rotatable bonds is 8. The molecule has 0 aromatic heterocycles. The van der Waals surface area contributed by atoms with Crippen molar-refractivity contribution in [2.24, 2.45) is 4.99 Å². The normalized spacial score (nSPS) is 32.8. The summed E-state index contributed by atoms with van der Waals surface area (Å²) < 4.78 is 11.0. The van der Waals surface area contributed by atoms with Crippen molar-refractivity contribution in [1.82, 2.24) is 5.32 Å². The minimum Gasteiger partial charge on any atom is -0.465 e. The maximum absolute atomic E-state index is 12.3. The number of hydrogen-bond acceptors (Lipinski definition) is 5. The van der Waals surface area contributed by atoms with Gasteiger partial charge in [0.25, 0.3) is 0 Å². The number of nitrogens with zero attached hydrogens (tertiary/aromatic N) is 1. The zero-order valence-electron chi connectivity index (χ0n) is 16.7. The Morgan fingerprint density at radius 2 is 2.04 bits per heavy atom. The summed E-state index contributed by atoms with van der Waals surface area (Å²) in [5, 5.41) is 3.40. The van der Waals surface area contributed by atoms with Crippen molar-refractivity contribution >= 4 is 11.9 Å². The number of esters is 1. The first kappa shape index (κ1) is 19.4. The van der Waals surface area contributed by atoms with Gasteiger partial charge in [-0.15, -0.1) is 0 Å². The maximum atomic E-state index is 12.3. The highest BCUT2D eigenvalue weighted by Gasteiger charge is 2.55. The predicted molar refractivity (Wildman–Crippen MR) is 101 cm³/mol. The van der Waals surface area contributed by atoms with Gasteiger partial charge in [-0.05, 0) is 19.8 Å². The van der Waals surface area contributed by atoms with Crippen LogP contribution in [0, 0.1) is 0 Å². The van der Waals surface area contributed by atoms with Gasteiger partial charge in [0.15, 0.2) is 5.72 Å². The van der Waals surface area contributed by atoms with Crippen LogP contribution in [0.5, 0.6) is 0 Å². The number of carbonyl (C=O) groups is 1. The molecule has 0 spiro atoms. The van der Waals surface area contributed by atoms with Gasteiger partial charge in [0, 0.05) is 25.6 Å². The monoisotopic (exact) mass is 364 g/mol. The summed E-state index contributed by atoms with van der Waals surface area (Å²) >= 11 is 0. The van der Waals surface area contributed by atoms with E-state index in [2.05, 4.69) is 12.2 Å². The van der Waals surface area contributed by atoms with Crippen LogP contribution in [0.2, 0.25) is 0 Å². The highest BCUT2D eigenvalue weighted by molar-refractivity contribution is 5.93. The SMILES string of the molecule is CCCCCCC[C@@]1(OC)C[C@H]2CC[C@H]3C(C(=O)OC)=C(C)NC(=N1)[NH+]23. The van der Waals surface area contributed by atoms with Crippen LogP contribution in [0.25, 0.3) is 0 Å². The van der Waals surface area contributed by atoms with E-state index in [1.807, 2.05) is 6.92 Å². The van der Waals surface area contributed by atoms with Gasteiger partial charge in [-0.1, -0.05) is 32.6 Å². The van der Waals surface area contributed by atoms with E-state index in [4.69, 9.17) is 14.5 Å². The third-order valence-electron chi connectivity index (χ3n) is 6.29. The molecule has 0 radical (unpaired) electrons. The molecule has 0 saturated carbocycles. The molecule has 0 amide bonds. The van der Waals surface area contributed by atoms with E-state index in [-0.39, 0.29) is 12.0 Å². The van der Waals surface area contributed by atoms with Crippen LogP contribution >= 0.6 is 0 Å². The van der Waals surface area contributed by atoms with E-state index in [9.17, 15) is 4.79 Å². The zero-order valence-corrected chi connectivity index (χ0v) is 16.7. The van der Waals surface area contributed by atoms with Crippen LogP contribution in [-0.2, 0) is 14.3 Å². The molecule has 6 nitrogen and oxygen atoms in total. The Bertz CT molecular complexity index is 601. The fourth-order valence-electron chi connectivity index (χ4n) is 4.94. The second kappa shape index (κ2) is 8.09. The fourth-order valence-corrected chi connectivity index (χ4v) is 4.94. The average molecular weight is 365 g/mol. The topological polar surface area (TPSA) is 64.4 Å². The molecule has 4 atom stereocenters. The third kappa shape index (κ3) is 3.54. The lowest BCUT2D eigenvalue weighted by Gasteiger charge is -2.41. The Labute approximate surface area is 157 Å². The van der Waals surface area contributed by atoms with E-state index in [1.165, 1.54) is 37.7 Å². The molecule has 1 fully saturated rings. The number of ether oxygens (including phenoxy) is 2. The molecule has 3 aliphatic rings. The largest absolute Gasteiger partial charge is 0.465 e. The van der Waals surface area contributed by atoms with Crippen LogP contribution in [0.3, 0.4) is 0 Å². The minimum atomic E-state index is -0.416. The second-order valence-electron chi connectivity index (χ2n) is 7.92. The lowest BCUT2D eigenvalue weighted by Crippen LogP contribution is -3.23. The zero-order chi connectivity index (χ0) is 18.7. The number of allylic oxidation sites excluding steroid dienone is 1. The van der Waals surface area contributed by atoms with Crippen molar-refractivity contribution in [3.8, 4) is 0 Å². The van der Waals surface area contributed by atoms with Gasteiger partial charge in [0.1, 0.15) is 11.6 Å². The first-order valence-corrected chi connectivity index (χ1v) is 10.1. The van der Waals surface area contributed by atoms with Crippen LogP contribution in [0.1, 0.15) is 71.6 Å². The van der Waals surface area contributed by atoms with E-state index in [1.54, 1.807) is 7.11 Å². The minimum absolute atomic E-state index is 0.159. The number of hydrogen-bond donors (Lipinski definition) is 2. The number of methoxy groups -OCH3 is 2. The van der Waals surface area contributed by atoms with Gasteiger partial charge in [-0.3, -0.25) is 10.2 Å². The molecule has 146 valence electrons. The summed E-state index contributed by atoms with van der Waals surface area (Å²) in [5.74, 6) is 0.732. The first-order valence-electron chi connectivity index (χ1n) is 10.1. The highest BCUT2D eigenvalue weighted by atomic mass is 16.5. The molecule has 2 N–H and O–H groups in total. The molecule has 1 saturated heterocycles. The molecular weight excluding hydrogens is 330 g/mol. The Balaban J connectivity index is 1.80. The van der Waals surface area contributed by atoms with Gasteiger partial charge < -0.3 is 9.47 Å². The molecule has 1 unspecified atom stereocenters. The standard InChI is InChI=1S/C20H33N3O3/c1-5-6-7-8-9-12-20(26-4)13-15-10-11-16-17(18(24)25-3)14(2)21-19(22-20)23(15)16/h15-16H,5-13H2,1-4H3,(H,21,22)/p+1/t15-,16+,20-/m1/s1. The quantitative estimate of drug-likeness (QED) is 0.510. The summed E-state index contributed by atoms with van der Waals surface area (Å²) in [6.45, 7) is 4.19. The number of unbranched alkanes of at least 4 members (excludes halogenated alkanes) is 4. The third-order valence-corrected chi connectivity index (χ3v) is 6.29. The molecule has 26 heavy (non-hydrogen) atoms. The smallest absolute Gasteiger partial charge is 0.341 e. The molecular formula is C20H34N3O3+. The van der Waals surface area contributed by atoms with Gasteiger partial charge in [0.2, 0.25) is 0 Å². The summed E-state index contributed by atoms with van der Waals surface area (Å²) in [5.41, 5.74) is 1.24. The Morgan fingerprint density at radius 1 is 1.27 bits per heavy atom. The number of quaternary nitrogens is 1. The molecule has 0 aromatic rings. The Hall–Kier alpha value is -1.40. The highest BCUT2D eigenvalue weighted by Crippen LogP contribution is 2.33. The summed E-state index contributed by atoms with van der Waals surface area (Å²) in [4.78, 5) is 18.6. The molecule has 0 aliphatic carbocycles. The number of guanidine groups is 1. The Morgan fingerprint density at radius 3 is 2.73 bits per heavy atom. The van der Waals surface area contributed by atoms with E-state index < -0.39 is 5.72 Å². The van der Waals surface area contributed by atoms with Crippen molar-refractivity contribution in [3.05, 3.63) is 11.3 Å². The summed E-state index contributed by atoms with van der Waals surface area (Å²) in [7, 11) is 3.25. The molecule has 0 bridgehead atoms. The molecule has 3 aliphatic heterocycles. The summed E-state index contributed by atoms with van der Waals surface area (Å²) in [6, 6.07) is 0.607. The van der Waals surface area contributed by atoms with E-state index in [0.717, 1.165) is 49.3 Å². The van der Waals surface area contributed by atoms with Crippen molar-refractivity contribution in [2.45, 2.75) is 89.4 Å². The number of carbonyl (C=O) groups excluding carboxylic acids is 1. The second-order valence-corrected chi connectivity index (χ2v) is 7.92. The van der Waals surface area contributed by atoms with Gasteiger partial charge in [0.05, 0.1) is 19.6 Å². The first-order chi connectivity index (χ1) is 12.5. The lowest BCUT2D eigenvalue weighted by atomic mass is 9.94. The van der Waals surface area contributed by atoms with Crippen LogP contribution in [0.4, 0.5) is 0 Å². The average Bonchev–Trinajstić information content (AvgIpc) is 3.05. The number of aliphatic imine (C=N–C) groups is 1. The Kier molecular flexibility index (Phi) is 6.03. The van der Waals surface area contributed by atoms with Crippen LogP contribution in [-0.4, -0.2) is 44.0 Å². The van der Waals surface area contributed by atoms with E-state index >= 15 is 0 Å². The molecule has 0 aromatic carbocycles. The number of nitrogens with one attached hydrogen (secondary N) is 2. The van der Waals surface area contributed by atoms with Crippen molar-refractivity contribution in [2.75, 3.05) is 14.2 Å². The van der Waals surface area contributed by atoms with E-state index in [0.29, 0.717) is 6.04 Å². The fraction of sp³-hybridized carbons (Fsp3) is 0.800. The summed E-state index contributed by atoms with van der Waals surface area (Å²) in [6.07, 6.45) is 10.2. The van der Waals surface area contributed by atoms with Gasteiger partial charge in [-0.25, -0.2) is 4.79 Å². The van der Waals surface area contributed by atoms with Crippen LogP contribution in [0.15, 0.2) is 16.3 Å². The van der Waals surface area contributed by atoms with Crippen molar-refractivity contribution in [3.63, 3.8) is 0 Å². The molecule has 6 heteroatoms. The van der Waals surface area contributed by atoms with Crippen LogP contribution < -0.4 is 10.2 Å². The maximum Gasteiger partial charge on any atom is 0.341 e. The van der Waals surface area contributed by atoms with Gasteiger partial charge >= 0.3 is 11.9 Å². The van der Waals surface area contributed by atoms with Gasteiger partial charge in [-0.2, -0.15) is 4.99 Å². The molecule has 3 rings (SSSR count). The predicted octanol–water partition coefficient (Wildman–Crippen LogP) is 1.92. The molecule has 3 heterocycles. The van der Waals surface area contributed by atoms with Crippen molar-refractivity contribution < 1.29 is 19.2 Å². The van der Waals surface area contributed by atoms with Crippen molar-refractivity contribution in [1.29, 1.82) is 0 Å².